The molecule has 20 heavy (non-hydrogen) atoms. The first-order chi connectivity index (χ1) is 9.63. The van der Waals surface area contributed by atoms with Crippen molar-refractivity contribution in [2.75, 3.05) is 11.1 Å². The van der Waals surface area contributed by atoms with Gasteiger partial charge in [-0.3, -0.25) is 4.79 Å². The van der Waals surface area contributed by atoms with Crippen LogP contribution < -0.4 is 5.32 Å². The summed E-state index contributed by atoms with van der Waals surface area (Å²) in [7, 11) is 0. The van der Waals surface area contributed by atoms with Gasteiger partial charge in [-0.15, -0.1) is 11.8 Å². The molecule has 1 heterocycles. The largest absolute Gasteiger partial charge is 0.326 e. The lowest BCUT2D eigenvalue weighted by molar-refractivity contribution is -0.115. The third kappa shape index (κ3) is 4.83. The number of benzene rings is 1. The van der Waals surface area contributed by atoms with Crippen LogP contribution in [0.5, 0.6) is 0 Å². The fourth-order valence-corrected chi connectivity index (χ4v) is 2.61. The van der Waals surface area contributed by atoms with Gasteiger partial charge in [0, 0.05) is 28.6 Å². The summed E-state index contributed by atoms with van der Waals surface area (Å²) in [5.41, 5.74) is 1.64. The van der Waals surface area contributed by atoms with Crippen molar-refractivity contribution >= 4 is 35.0 Å². The number of amides is 1. The van der Waals surface area contributed by atoms with Crippen molar-refractivity contribution in [2.24, 2.45) is 0 Å². The topological polar surface area (TPSA) is 54.9 Å². The van der Waals surface area contributed by atoms with Crippen molar-refractivity contribution in [1.29, 1.82) is 0 Å². The molecule has 0 saturated carbocycles. The SMILES string of the molecule is Cc1cc(SCCC(=O)Nc2cccc(Cl)c2)ncn1. The molecule has 6 heteroatoms. The van der Waals surface area contributed by atoms with Crippen LogP contribution in [0.15, 0.2) is 41.7 Å². The van der Waals surface area contributed by atoms with E-state index in [1.54, 1.807) is 18.2 Å². The number of halogens is 1. The minimum Gasteiger partial charge on any atom is -0.326 e. The standard InChI is InChI=1S/C14H14ClN3OS/c1-10-7-14(17-9-16-10)20-6-5-13(19)18-12-4-2-3-11(15)8-12/h2-4,7-9H,5-6H2,1H3,(H,18,19). The van der Waals surface area contributed by atoms with E-state index in [-0.39, 0.29) is 5.91 Å². The summed E-state index contributed by atoms with van der Waals surface area (Å²) in [6, 6.07) is 9.01. The number of hydrogen-bond donors (Lipinski definition) is 1. The summed E-state index contributed by atoms with van der Waals surface area (Å²) >= 11 is 7.40. The molecule has 4 nitrogen and oxygen atoms in total. The van der Waals surface area contributed by atoms with Crippen LogP contribution in [0.4, 0.5) is 5.69 Å². The zero-order chi connectivity index (χ0) is 14.4. The van der Waals surface area contributed by atoms with Crippen LogP contribution in [0.1, 0.15) is 12.1 Å². The number of aromatic nitrogens is 2. The predicted octanol–water partition coefficient (Wildman–Crippen LogP) is 3.56. The smallest absolute Gasteiger partial charge is 0.225 e. The summed E-state index contributed by atoms with van der Waals surface area (Å²) in [6.45, 7) is 1.91. The molecule has 0 aliphatic carbocycles. The fourth-order valence-electron chi connectivity index (χ4n) is 1.55. The Balaban J connectivity index is 1.78. The number of aryl methyl sites for hydroxylation is 1. The summed E-state index contributed by atoms with van der Waals surface area (Å²) in [4.78, 5) is 19.9. The van der Waals surface area contributed by atoms with Crippen LogP contribution >= 0.6 is 23.4 Å². The van der Waals surface area contributed by atoms with Gasteiger partial charge in [0.15, 0.2) is 0 Å². The van der Waals surface area contributed by atoms with Crippen molar-refractivity contribution < 1.29 is 4.79 Å². The van der Waals surface area contributed by atoms with Crippen LogP contribution in [0.25, 0.3) is 0 Å². The molecule has 0 spiro atoms. The van der Waals surface area contributed by atoms with Crippen LogP contribution in [-0.2, 0) is 4.79 Å². The average molecular weight is 308 g/mol. The number of nitrogens with one attached hydrogen (secondary N) is 1. The van der Waals surface area contributed by atoms with Crippen molar-refractivity contribution in [3.05, 3.63) is 47.4 Å². The maximum Gasteiger partial charge on any atom is 0.225 e. The maximum atomic E-state index is 11.8. The number of nitrogens with zero attached hydrogens (tertiary/aromatic N) is 2. The van der Waals surface area contributed by atoms with Crippen LogP contribution in [0, 0.1) is 6.92 Å². The van der Waals surface area contributed by atoms with E-state index in [9.17, 15) is 4.79 Å². The van der Waals surface area contributed by atoms with Crippen LogP contribution in [0.3, 0.4) is 0 Å². The third-order valence-corrected chi connectivity index (χ3v) is 3.63. The Labute approximate surface area is 127 Å². The van der Waals surface area contributed by atoms with Crippen LogP contribution in [-0.4, -0.2) is 21.6 Å². The third-order valence-electron chi connectivity index (χ3n) is 2.47. The lowest BCUT2D eigenvalue weighted by atomic mass is 10.3. The molecule has 0 fully saturated rings. The number of rotatable bonds is 5. The molecular formula is C14H14ClN3OS. The summed E-state index contributed by atoms with van der Waals surface area (Å²) < 4.78 is 0. The predicted molar refractivity (Wildman–Crippen MR) is 82.2 cm³/mol. The molecule has 2 aromatic rings. The van der Waals surface area contributed by atoms with Crippen molar-refractivity contribution in [3.63, 3.8) is 0 Å². The van der Waals surface area contributed by atoms with Crippen LogP contribution in [0.2, 0.25) is 5.02 Å². The molecule has 0 aliphatic heterocycles. The highest BCUT2D eigenvalue weighted by Crippen LogP contribution is 2.17. The Morgan fingerprint density at radius 2 is 2.20 bits per heavy atom. The van der Waals surface area contributed by atoms with Gasteiger partial charge in [-0.1, -0.05) is 17.7 Å². The number of hydrogen-bond acceptors (Lipinski definition) is 4. The molecule has 0 saturated heterocycles. The maximum absolute atomic E-state index is 11.8. The first kappa shape index (κ1) is 14.8. The van der Waals surface area contributed by atoms with Gasteiger partial charge in [0.1, 0.15) is 6.33 Å². The fraction of sp³-hybridized carbons (Fsp3) is 0.214. The second kappa shape index (κ2) is 7.26. The number of carbonyl (C=O) groups excluding carboxylic acids is 1. The highest BCUT2D eigenvalue weighted by molar-refractivity contribution is 7.99. The lowest BCUT2D eigenvalue weighted by Crippen LogP contribution is -2.12. The first-order valence-electron chi connectivity index (χ1n) is 6.10. The van der Waals surface area contributed by atoms with Gasteiger partial charge >= 0.3 is 0 Å². The minimum absolute atomic E-state index is 0.0365. The zero-order valence-electron chi connectivity index (χ0n) is 11.0. The van der Waals surface area contributed by atoms with E-state index in [0.29, 0.717) is 22.9 Å². The average Bonchev–Trinajstić information content (AvgIpc) is 2.38. The minimum atomic E-state index is -0.0365. The highest BCUT2D eigenvalue weighted by Gasteiger charge is 2.04. The van der Waals surface area contributed by atoms with E-state index >= 15 is 0 Å². The van der Waals surface area contributed by atoms with Crippen molar-refractivity contribution in [2.45, 2.75) is 18.4 Å². The summed E-state index contributed by atoms with van der Waals surface area (Å²) in [5, 5.41) is 4.30. The molecule has 0 aliphatic rings. The number of anilines is 1. The Morgan fingerprint density at radius 1 is 1.35 bits per heavy atom. The molecule has 1 N–H and O–H groups in total. The zero-order valence-corrected chi connectivity index (χ0v) is 12.5. The Kier molecular flexibility index (Phi) is 5.38. The molecular weight excluding hydrogens is 294 g/mol. The number of carbonyl (C=O) groups is 1. The molecule has 0 unspecified atom stereocenters. The number of thioether (sulfide) groups is 1. The molecule has 1 amide bonds. The van der Waals surface area contributed by atoms with E-state index in [0.717, 1.165) is 10.7 Å². The highest BCUT2D eigenvalue weighted by atomic mass is 35.5. The summed E-state index contributed by atoms with van der Waals surface area (Å²) in [6.07, 6.45) is 1.95. The molecule has 0 bridgehead atoms. The van der Waals surface area contributed by atoms with E-state index in [2.05, 4.69) is 15.3 Å². The monoisotopic (exact) mass is 307 g/mol. The Morgan fingerprint density at radius 3 is 2.95 bits per heavy atom. The Bertz CT molecular complexity index is 606. The molecule has 1 aromatic heterocycles. The van der Waals surface area contributed by atoms with E-state index in [1.807, 2.05) is 19.1 Å². The van der Waals surface area contributed by atoms with E-state index < -0.39 is 0 Å². The van der Waals surface area contributed by atoms with Gasteiger partial charge in [-0.25, -0.2) is 9.97 Å². The molecule has 104 valence electrons. The van der Waals surface area contributed by atoms with Gasteiger partial charge in [0.2, 0.25) is 5.91 Å². The molecule has 1 aromatic carbocycles. The molecule has 0 radical (unpaired) electrons. The second-order valence-electron chi connectivity index (χ2n) is 4.15. The normalized spacial score (nSPS) is 10.3. The van der Waals surface area contributed by atoms with Crippen molar-refractivity contribution in [1.82, 2.24) is 9.97 Å². The second-order valence-corrected chi connectivity index (χ2v) is 5.71. The lowest BCUT2D eigenvalue weighted by Gasteiger charge is -2.05. The van der Waals surface area contributed by atoms with E-state index in [4.69, 9.17) is 11.6 Å². The van der Waals surface area contributed by atoms with Crippen molar-refractivity contribution in [3.8, 4) is 0 Å². The molecule has 2 rings (SSSR count). The quantitative estimate of drug-likeness (QED) is 0.678. The van der Waals surface area contributed by atoms with E-state index in [1.165, 1.54) is 18.1 Å². The first-order valence-corrected chi connectivity index (χ1v) is 7.47. The molecule has 0 atom stereocenters. The van der Waals surface area contributed by atoms with Gasteiger partial charge in [-0.2, -0.15) is 0 Å². The van der Waals surface area contributed by atoms with Gasteiger partial charge < -0.3 is 5.32 Å². The van der Waals surface area contributed by atoms with Gasteiger partial charge in [0.25, 0.3) is 0 Å². The van der Waals surface area contributed by atoms with Gasteiger partial charge in [0.05, 0.1) is 5.03 Å². The summed E-state index contributed by atoms with van der Waals surface area (Å²) in [5.74, 6) is 0.633. The van der Waals surface area contributed by atoms with Gasteiger partial charge in [-0.05, 0) is 31.2 Å². The Hall–Kier alpha value is -1.59.